The number of hydrogen-bond acceptors (Lipinski definition) is 3. The molecule has 0 aromatic heterocycles. The van der Waals surface area contributed by atoms with Crippen molar-refractivity contribution in [3.05, 3.63) is 35.4 Å². The Morgan fingerprint density at radius 1 is 1.25 bits per heavy atom. The van der Waals surface area contributed by atoms with Gasteiger partial charge >= 0.3 is 0 Å². The predicted octanol–water partition coefficient (Wildman–Crippen LogP) is 2.95. The first-order valence-electron chi connectivity index (χ1n) is 8.38. The Hall–Kier alpha value is -0.810. The van der Waals surface area contributed by atoms with Crippen molar-refractivity contribution < 1.29 is 4.79 Å². The van der Waals surface area contributed by atoms with E-state index in [9.17, 15) is 4.79 Å². The van der Waals surface area contributed by atoms with Crippen LogP contribution in [0.3, 0.4) is 0 Å². The van der Waals surface area contributed by atoms with E-state index >= 15 is 0 Å². The lowest BCUT2D eigenvalue weighted by Gasteiger charge is -2.27. The van der Waals surface area contributed by atoms with Gasteiger partial charge in [-0.3, -0.25) is 4.79 Å². The third-order valence-corrected chi connectivity index (χ3v) is 4.49. The summed E-state index contributed by atoms with van der Waals surface area (Å²) in [5.74, 6) is 0.136. The predicted molar refractivity (Wildman–Crippen MR) is 105 cm³/mol. The van der Waals surface area contributed by atoms with E-state index in [1.807, 2.05) is 0 Å². The maximum absolute atomic E-state index is 12.3. The highest BCUT2D eigenvalue weighted by molar-refractivity contribution is 5.85. The second-order valence-electron chi connectivity index (χ2n) is 6.32. The number of rotatable bonds is 6. The normalized spacial score (nSPS) is 18.2. The van der Waals surface area contributed by atoms with Crippen molar-refractivity contribution in [2.75, 3.05) is 27.2 Å². The fraction of sp³-hybridized carbons (Fsp3) is 0.611. The van der Waals surface area contributed by atoms with Crippen molar-refractivity contribution in [2.45, 2.75) is 44.7 Å². The van der Waals surface area contributed by atoms with Crippen molar-refractivity contribution in [3.63, 3.8) is 0 Å². The standard InChI is InChI=1S/C18H29N3O.2ClH/c1-4-14-8-10-15(11-9-14)17(21(2)3)13-20-18(22)16-7-5-6-12-19-16;;/h8-11,16-17,19H,4-7,12-13H2,1-3H3,(H,20,22);2*1H. The Labute approximate surface area is 158 Å². The minimum absolute atomic E-state index is 0. The summed E-state index contributed by atoms with van der Waals surface area (Å²) in [6.45, 7) is 3.76. The molecule has 1 aromatic rings. The summed E-state index contributed by atoms with van der Waals surface area (Å²) < 4.78 is 0. The molecule has 2 N–H and O–H groups in total. The number of carbonyl (C=O) groups is 1. The maximum Gasteiger partial charge on any atom is 0.237 e. The average Bonchev–Trinajstić information content (AvgIpc) is 2.56. The molecule has 0 spiro atoms. The SMILES string of the molecule is CCc1ccc(C(CNC(=O)C2CCCCN2)N(C)C)cc1.Cl.Cl. The summed E-state index contributed by atoms with van der Waals surface area (Å²) in [7, 11) is 4.12. The second-order valence-corrected chi connectivity index (χ2v) is 6.32. The number of carbonyl (C=O) groups excluding carboxylic acids is 1. The molecule has 6 heteroatoms. The molecule has 1 aromatic carbocycles. The van der Waals surface area contributed by atoms with Crippen LogP contribution in [0.5, 0.6) is 0 Å². The number of benzene rings is 1. The summed E-state index contributed by atoms with van der Waals surface area (Å²) in [5.41, 5.74) is 2.59. The molecule has 0 saturated carbocycles. The zero-order chi connectivity index (χ0) is 15.9. The Morgan fingerprint density at radius 3 is 2.42 bits per heavy atom. The first-order chi connectivity index (χ1) is 10.6. The van der Waals surface area contributed by atoms with Gasteiger partial charge in [-0.05, 0) is 51.0 Å². The summed E-state index contributed by atoms with van der Waals surface area (Å²) in [4.78, 5) is 14.4. The van der Waals surface area contributed by atoms with Crippen LogP contribution in [-0.2, 0) is 11.2 Å². The molecule has 1 amide bonds. The lowest BCUT2D eigenvalue weighted by molar-refractivity contribution is -0.123. The van der Waals surface area contributed by atoms with Crippen LogP contribution in [0.2, 0.25) is 0 Å². The van der Waals surface area contributed by atoms with Crippen LogP contribution < -0.4 is 10.6 Å². The molecular formula is C18H31Cl2N3O. The fourth-order valence-electron chi connectivity index (χ4n) is 2.97. The molecule has 1 aliphatic rings. The van der Waals surface area contributed by atoms with Crippen molar-refractivity contribution >= 4 is 30.7 Å². The number of halogens is 2. The van der Waals surface area contributed by atoms with E-state index in [0.29, 0.717) is 6.54 Å². The van der Waals surface area contributed by atoms with Crippen molar-refractivity contribution in [1.29, 1.82) is 0 Å². The van der Waals surface area contributed by atoms with Crippen LogP contribution in [0, 0.1) is 0 Å². The average molecular weight is 376 g/mol. The van der Waals surface area contributed by atoms with Crippen LogP contribution in [0.25, 0.3) is 0 Å². The van der Waals surface area contributed by atoms with E-state index in [1.54, 1.807) is 0 Å². The van der Waals surface area contributed by atoms with Gasteiger partial charge in [-0.15, -0.1) is 24.8 Å². The molecule has 0 radical (unpaired) electrons. The van der Waals surface area contributed by atoms with Crippen molar-refractivity contribution in [3.8, 4) is 0 Å². The van der Waals surface area contributed by atoms with Gasteiger partial charge in [-0.2, -0.15) is 0 Å². The Balaban J connectivity index is 0.00000264. The number of amides is 1. The molecule has 24 heavy (non-hydrogen) atoms. The number of nitrogens with one attached hydrogen (secondary N) is 2. The number of likely N-dealkylation sites (N-methyl/N-ethyl adjacent to an activating group) is 1. The summed E-state index contributed by atoms with van der Waals surface area (Å²) in [5, 5.41) is 6.42. The smallest absolute Gasteiger partial charge is 0.237 e. The molecule has 1 heterocycles. The van der Waals surface area contributed by atoms with Gasteiger partial charge in [0.1, 0.15) is 0 Å². The Morgan fingerprint density at radius 2 is 1.92 bits per heavy atom. The molecular weight excluding hydrogens is 345 g/mol. The third kappa shape index (κ3) is 6.60. The number of nitrogens with zero attached hydrogens (tertiary/aromatic N) is 1. The van der Waals surface area contributed by atoms with E-state index in [4.69, 9.17) is 0 Å². The molecule has 0 bridgehead atoms. The van der Waals surface area contributed by atoms with E-state index in [0.717, 1.165) is 25.8 Å². The van der Waals surface area contributed by atoms with Crippen LogP contribution in [0.4, 0.5) is 0 Å². The van der Waals surface area contributed by atoms with Gasteiger partial charge in [0, 0.05) is 6.54 Å². The van der Waals surface area contributed by atoms with Crippen LogP contribution in [-0.4, -0.2) is 44.0 Å². The summed E-state index contributed by atoms with van der Waals surface area (Å²) in [6.07, 6.45) is 4.31. The van der Waals surface area contributed by atoms with Gasteiger partial charge in [-0.25, -0.2) is 0 Å². The highest BCUT2D eigenvalue weighted by Crippen LogP contribution is 2.18. The zero-order valence-corrected chi connectivity index (χ0v) is 16.5. The minimum Gasteiger partial charge on any atom is -0.353 e. The minimum atomic E-state index is -0.0148. The maximum atomic E-state index is 12.3. The van der Waals surface area contributed by atoms with Gasteiger partial charge in [0.2, 0.25) is 5.91 Å². The van der Waals surface area contributed by atoms with Crippen molar-refractivity contribution in [1.82, 2.24) is 15.5 Å². The Kier molecular flexibility index (Phi) is 11.3. The molecule has 0 aliphatic carbocycles. The van der Waals surface area contributed by atoms with E-state index in [-0.39, 0.29) is 42.8 Å². The van der Waals surface area contributed by atoms with Gasteiger partial charge in [0.15, 0.2) is 0 Å². The molecule has 4 nitrogen and oxygen atoms in total. The number of piperidine rings is 1. The van der Waals surface area contributed by atoms with Gasteiger partial charge < -0.3 is 15.5 Å². The largest absolute Gasteiger partial charge is 0.353 e. The molecule has 1 saturated heterocycles. The topological polar surface area (TPSA) is 44.4 Å². The first-order valence-corrected chi connectivity index (χ1v) is 8.38. The first kappa shape index (κ1) is 23.2. The molecule has 1 aliphatic heterocycles. The lowest BCUT2D eigenvalue weighted by Crippen LogP contribution is -2.48. The third-order valence-electron chi connectivity index (χ3n) is 4.49. The number of aryl methyl sites for hydroxylation is 1. The van der Waals surface area contributed by atoms with Crippen molar-refractivity contribution in [2.24, 2.45) is 0 Å². The molecule has 1 fully saturated rings. The van der Waals surface area contributed by atoms with E-state index < -0.39 is 0 Å². The highest BCUT2D eigenvalue weighted by Gasteiger charge is 2.22. The second kappa shape index (κ2) is 11.7. The van der Waals surface area contributed by atoms with Gasteiger partial charge in [-0.1, -0.05) is 37.6 Å². The number of hydrogen-bond donors (Lipinski definition) is 2. The molecule has 2 rings (SSSR count). The van der Waals surface area contributed by atoms with Crippen LogP contribution >= 0.6 is 24.8 Å². The zero-order valence-electron chi connectivity index (χ0n) is 14.9. The monoisotopic (exact) mass is 375 g/mol. The fourth-order valence-corrected chi connectivity index (χ4v) is 2.97. The molecule has 2 unspecified atom stereocenters. The Bertz CT molecular complexity index is 474. The quantitative estimate of drug-likeness (QED) is 0.803. The van der Waals surface area contributed by atoms with Gasteiger partial charge in [0.25, 0.3) is 0 Å². The summed E-state index contributed by atoms with van der Waals surface area (Å²) >= 11 is 0. The van der Waals surface area contributed by atoms with E-state index in [2.05, 4.69) is 60.8 Å². The summed E-state index contributed by atoms with van der Waals surface area (Å²) in [6, 6.07) is 8.90. The van der Waals surface area contributed by atoms with Crippen LogP contribution in [0.15, 0.2) is 24.3 Å². The van der Waals surface area contributed by atoms with E-state index in [1.165, 1.54) is 17.5 Å². The van der Waals surface area contributed by atoms with Gasteiger partial charge in [0.05, 0.1) is 12.1 Å². The highest BCUT2D eigenvalue weighted by atomic mass is 35.5. The lowest BCUT2D eigenvalue weighted by atomic mass is 10.0. The van der Waals surface area contributed by atoms with Crippen LogP contribution in [0.1, 0.15) is 43.4 Å². The molecule has 138 valence electrons. The molecule has 2 atom stereocenters.